The number of carbonyl (C=O) groups excluding carboxylic acids is 1. The summed E-state index contributed by atoms with van der Waals surface area (Å²) in [6, 6.07) is 9.07. The van der Waals surface area contributed by atoms with Crippen LogP contribution in [0.2, 0.25) is 0 Å². The normalized spacial score (nSPS) is 14.6. The third kappa shape index (κ3) is 5.15. The van der Waals surface area contributed by atoms with Gasteiger partial charge in [-0.15, -0.1) is 10.2 Å². The van der Waals surface area contributed by atoms with Crippen LogP contribution in [0.3, 0.4) is 0 Å². The fourth-order valence-corrected chi connectivity index (χ4v) is 4.20. The number of benzene rings is 2. The SMILES string of the molecule is CC(Sc1nnc(N2CCOCC2)n1-c1cccc(F)c1)C(=O)Nc1ccc(F)c([N+](=O)[O-])c1. The number of morpholine rings is 1. The Morgan fingerprint density at radius 2 is 1.97 bits per heavy atom. The van der Waals surface area contributed by atoms with E-state index >= 15 is 0 Å². The lowest BCUT2D eigenvalue weighted by Gasteiger charge is -2.28. The predicted octanol–water partition coefficient (Wildman–Crippen LogP) is 3.41. The summed E-state index contributed by atoms with van der Waals surface area (Å²) in [4.78, 5) is 24.8. The Kier molecular flexibility index (Phi) is 7.03. The zero-order valence-corrected chi connectivity index (χ0v) is 18.8. The van der Waals surface area contributed by atoms with Crippen LogP contribution in [0.25, 0.3) is 5.69 Å². The molecular formula is C21H20F2N6O4S. The van der Waals surface area contributed by atoms with Crippen LogP contribution in [0.4, 0.5) is 26.1 Å². The van der Waals surface area contributed by atoms with Gasteiger partial charge in [0.25, 0.3) is 0 Å². The molecule has 2 heterocycles. The maximum absolute atomic E-state index is 14.0. The monoisotopic (exact) mass is 490 g/mol. The highest BCUT2D eigenvalue weighted by atomic mass is 32.2. The molecule has 10 nitrogen and oxygen atoms in total. The second kappa shape index (κ2) is 10.1. The van der Waals surface area contributed by atoms with Gasteiger partial charge in [-0.05, 0) is 37.3 Å². The van der Waals surface area contributed by atoms with Crippen LogP contribution in [0, 0.1) is 21.7 Å². The summed E-state index contributed by atoms with van der Waals surface area (Å²) in [5, 5.41) is 21.7. The zero-order valence-electron chi connectivity index (χ0n) is 18.0. The number of thioether (sulfide) groups is 1. The molecule has 1 atom stereocenters. The minimum Gasteiger partial charge on any atom is -0.378 e. The number of halogens is 2. The van der Waals surface area contributed by atoms with E-state index < -0.39 is 33.4 Å². The molecule has 1 unspecified atom stereocenters. The minimum absolute atomic E-state index is 0.0890. The molecule has 4 rings (SSSR count). The van der Waals surface area contributed by atoms with E-state index in [0.717, 1.165) is 23.9 Å². The lowest BCUT2D eigenvalue weighted by Crippen LogP contribution is -2.38. The van der Waals surface area contributed by atoms with E-state index in [9.17, 15) is 23.7 Å². The van der Waals surface area contributed by atoms with Gasteiger partial charge in [0.15, 0.2) is 5.16 Å². The molecule has 2 aromatic carbocycles. The Balaban J connectivity index is 1.58. The molecule has 1 fully saturated rings. The number of nitrogens with one attached hydrogen (secondary N) is 1. The predicted molar refractivity (Wildman–Crippen MR) is 121 cm³/mol. The van der Waals surface area contributed by atoms with Crippen molar-refractivity contribution in [3.05, 3.63) is 64.2 Å². The summed E-state index contributed by atoms with van der Waals surface area (Å²) in [7, 11) is 0. The van der Waals surface area contributed by atoms with Crippen LogP contribution < -0.4 is 10.2 Å². The van der Waals surface area contributed by atoms with E-state index in [-0.39, 0.29) is 5.69 Å². The van der Waals surface area contributed by atoms with Gasteiger partial charge in [-0.25, -0.2) is 4.39 Å². The number of rotatable bonds is 7. The molecule has 34 heavy (non-hydrogen) atoms. The summed E-state index contributed by atoms with van der Waals surface area (Å²) >= 11 is 1.09. The van der Waals surface area contributed by atoms with Crippen LogP contribution in [0.5, 0.6) is 0 Å². The molecule has 0 bridgehead atoms. The van der Waals surface area contributed by atoms with Crippen molar-refractivity contribution >= 4 is 35.0 Å². The Bertz CT molecular complexity index is 1220. The highest BCUT2D eigenvalue weighted by Gasteiger charge is 2.25. The van der Waals surface area contributed by atoms with Crippen molar-refractivity contribution in [2.75, 3.05) is 36.5 Å². The van der Waals surface area contributed by atoms with Crippen molar-refractivity contribution < 1.29 is 23.2 Å². The van der Waals surface area contributed by atoms with Crippen LogP contribution in [0.1, 0.15) is 6.92 Å². The van der Waals surface area contributed by atoms with E-state index in [4.69, 9.17) is 4.74 Å². The first-order valence-electron chi connectivity index (χ1n) is 10.3. The minimum atomic E-state index is -0.996. The maximum atomic E-state index is 14.0. The lowest BCUT2D eigenvalue weighted by atomic mass is 10.2. The molecule has 1 aliphatic rings. The van der Waals surface area contributed by atoms with Gasteiger partial charge in [0.2, 0.25) is 17.7 Å². The van der Waals surface area contributed by atoms with Crippen LogP contribution in [0.15, 0.2) is 47.6 Å². The number of aromatic nitrogens is 3. The van der Waals surface area contributed by atoms with E-state index in [0.29, 0.717) is 43.1 Å². The molecule has 0 aliphatic carbocycles. The largest absolute Gasteiger partial charge is 0.378 e. The van der Waals surface area contributed by atoms with Gasteiger partial charge in [0, 0.05) is 24.8 Å². The first-order chi connectivity index (χ1) is 16.3. The molecule has 1 N–H and O–H groups in total. The van der Waals surface area contributed by atoms with Crippen molar-refractivity contribution in [2.45, 2.75) is 17.3 Å². The third-order valence-corrected chi connectivity index (χ3v) is 6.08. The summed E-state index contributed by atoms with van der Waals surface area (Å²) in [6.07, 6.45) is 0. The van der Waals surface area contributed by atoms with Crippen LogP contribution in [-0.4, -0.2) is 57.1 Å². The summed E-state index contributed by atoms with van der Waals surface area (Å²) in [5.41, 5.74) is -0.152. The average molecular weight is 490 g/mol. The third-order valence-electron chi connectivity index (χ3n) is 5.04. The summed E-state index contributed by atoms with van der Waals surface area (Å²) in [5.74, 6) is -1.41. The van der Waals surface area contributed by atoms with E-state index in [1.165, 1.54) is 18.2 Å². The highest BCUT2D eigenvalue weighted by Crippen LogP contribution is 2.31. The van der Waals surface area contributed by atoms with Crippen molar-refractivity contribution in [3.8, 4) is 5.69 Å². The number of anilines is 2. The molecule has 0 saturated carbocycles. The Labute approximate surface area is 197 Å². The van der Waals surface area contributed by atoms with Gasteiger partial charge in [0.05, 0.1) is 29.1 Å². The second-order valence-corrected chi connectivity index (χ2v) is 8.68. The maximum Gasteiger partial charge on any atom is 0.306 e. The second-order valence-electron chi connectivity index (χ2n) is 7.37. The Morgan fingerprint density at radius 1 is 1.21 bits per heavy atom. The number of hydrogen-bond acceptors (Lipinski definition) is 8. The molecular weight excluding hydrogens is 470 g/mol. The molecule has 1 aromatic heterocycles. The van der Waals surface area contributed by atoms with E-state index in [1.807, 2.05) is 4.90 Å². The number of nitro benzene ring substituents is 1. The number of ether oxygens (including phenoxy) is 1. The van der Waals surface area contributed by atoms with Gasteiger partial charge in [-0.2, -0.15) is 4.39 Å². The summed E-state index contributed by atoms with van der Waals surface area (Å²) in [6.45, 7) is 3.81. The number of nitrogens with zero attached hydrogens (tertiary/aromatic N) is 5. The standard InChI is InChI=1S/C21H20F2N6O4S/c1-13(19(30)24-15-5-6-17(23)18(12-15)29(31)32)34-21-26-25-20(27-7-9-33-10-8-27)28(21)16-4-2-3-14(22)11-16/h2-6,11-13H,7-10H2,1H3,(H,24,30). The van der Waals surface area contributed by atoms with Gasteiger partial charge in [-0.1, -0.05) is 17.8 Å². The van der Waals surface area contributed by atoms with Gasteiger partial charge >= 0.3 is 5.69 Å². The number of hydrogen-bond donors (Lipinski definition) is 1. The molecule has 0 spiro atoms. The van der Waals surface area contributed by atoms with Crippen molar-refractivity contribution in [1.29, 1.82) is 0 Å². The fourth-order valence-electron chi connectivity index (χ4n) is 3.33. The van der Waals surface area contributed by atoms with Gasteiger partial charge in [-0.3, -0.25) is 19.5 Å². The van der Waals surface area contributed by atoms with Crippen molar-refractivity contribution in [2.24, 2.45) is 0 Å². The van der Waals surface area contributed by atoms with Gasteiger partial charge in [0.1, 0.15) is 5.82 Å². The molecule has 13 heteroatoms. The smallest absolute Gasteiger partial charge is 0.306 e. The topological polar surface area (TPSA) is 115 Å². The molecule has 178 valence electrons. The fraction of sp³-hybridized carbons (Fsp3) is 0.286. The quantitative estimate of drug-likeness (QED) is 0.304. The lowest BCUT2D eigenvalue weighted by molar-refractivity contribution is -0.387. The molecule has 3 aromatic rings. The zero-order chi connectivity index (χ0) is 24.2. The summed E-state index contributed by atoms with van der Waals surface area (Å²) < 4.78 is 34.6. The van der Waals surface area contributed by atoms with Crippen molar-refractivity contribution in [1.82, 2.24) is 14.8 Å². The highest BCUT2D eigenvalue weighted by molar-refractivity contribution is 8.00. The van der Waals surface area contributed by atoms with Crippen LogP contribution in [-0.2, 0) is 9.53 Å². The van der Waals surface area contributed by atoms with Gasteiger partial charge < -0.3 is 15.0 Å². The van der Waals surface area contributed by atoms with E-state index in [1.54, 1.807) is 23.6 Å². The molecule has 1 amide bonds. The molecule has 1 aliphatic heterocycles. The number of carbonyl (C=O) groups is 1. The first kappa shape index (κ1) is 23.6. The van der Waals surface area contributed by atoms with Crippen LogP contribution >= 0.6 is 11.8 Å². The number of nitro groups is 1. The van der Waals surface area contributed by atoms with E-state index in [2.05, 4.69) is 15.5 Å². The number of amides is 1. The molecule has 0 radical (unpaired) electrons. The average Bonchev–Trinajstić information content (AvgIpc) is 3.24. The molecule has 1 saturated heterocycles. The Morgan fingerprint density at radius 3 is 2.68 bits per heavy atom. The first-order valence-corrected chi connectivity index (χ1v) is 11.2. The Hall–Kier alpha value is -3.58. The van der Waals surface area contributed by atoms with Crippen molar-refractivity contribution in [3.63, 3.8) is 0 Å².